The predicted molar refractivity (Wildman–Crippen MR) is 58.2 cm³/mol. The fraction of sp³-hybridized carbons (Fsp3) is 0.231. The van der Waals surface area contributed by atoms with Crippen molar-refractivity contribution in [3.63, 3.8) is 0 Å². The van der Waals surface area contributed by atoms with Crippen molar-refractivity contribution >= 4 is 0 Å². The summed E-state index contributed by atoms with van der Waals surface area (Å²) in [4.78, 5) is 0. The number of aryl methyl sites for hydroxylation is 2. The molecule has 0 heterocycles. The van der Waals surface area contributed by atoms with Gasteiger partial charge in [-0.2, -0.15) is 35.4 Å². The van der Waals surface area contributed by atoms with Crippen LogP contribution in [0.5, 0.6) is 0 Å². The van der Waals surface area contributed by atoms with Crippen molar-refractivity contribution in [3.8, 4) is 0 Å². The van der Waals surface area contributed by atoms with Gasteiger partial charge in [-0.05, 0) is 0 Å². The van der Waals surface area contributed by atoms with E-state index in [4.69, 9.17) is 0 Å². The maximum atomic E-state index is 2.16. The molecule has 0 radical (unpaired) electrons. The van der Waals surface area contributed by atoms with Gasteiger partial charge in [-0.1, -0.05) is 20.3 Å². The Morgan fingerprint density at radius 3 is 1.38 bits per heavy atom. The van der Waals surface area contributed by atoms with Crippen LogP contribution >= 0.6 is 0 Å². The Morgan fingerprint density at radius 2 is 1.19 bits per heavy atom. The minimum atomic E-state index is 0. The number of hydrogen-bond donors (Lipinski definition) is 0. The first-order valence-electron chi connectivity index (χ1n) is 4.72. The number of hydrogen-bond acceptors (Lipinski definition) is 0. The second-order valence-electron chi connectivity index (χ2n) is 3.11. The summed E-state index contributed by atoms with van der Waals surface area (Å²) in [5.41, 5.74) is 2.77. The fourth-order valence-electron chi connectivity index (χ4n) is 1.12. The van der Waals surface area contributed by atoms with Gasteiger partial charge >= 0.3 is 26.2 Å². The molecule has 2 rings (SSSR count). The largest absolute Gasteiger partial charge is 4.00 e. The molecule has 0 atom stereocenters. The maximum absolute atomic E-state index is 2.16. The van der Waals surface area contributed by atoms with Crippen molar-refractivity contribution < 1.29 is 51.0 Å². The molecule has 0 aliphatic rings. The normalized spacial score (nSPS) is 7.38. The van der Waals surface area contributed by atoms with E-state index in [0.717, 1.165) is 6.42 Å². The van der Waals surface area contributed by atoms with Crippen molar-refractivity contribution in [2.24, 2.45) is 0 Å². The summed E-state index contributed by atoms with van der Waals surface area (Å²) in [6.07, 6.45) is 1.16. The third kappa shape index (κ3) is 9.39. The Morgan fingerprint density at radius 1 is 0.812 bits per heavy atom. The van der Waals surface area contributed by atoms with Crippen molar-refractivity contribution in [1.82, 2.24) is 0 Å². The maximum Gasteiger partial charge on any atom is 4.00 e. The summed E-state index contributed by atoms with van der Waals surface area (Å²) in [5.74, 6) is 0. The van der Waals surface area contributed by atoms with Gasteiger partial charge in [0.25, 0.3) is 0 Å². The Kier molecular flexibility index (Phi) is 17.7. The zero-order valence-corrected chi connectivity index (χ0v) is 13.6. The Balaban J connectivity index is -0.000000179. The van der Waals surface area contributed by atoms with Crippen LogP contribution in [0, 0.1) is 6.92 Å². The number of rotatable bonds is 1. The molecule has 0 aromatic heterocycles. The summed E-state index contributed by atoms with van der Waals surface area (Å²) in [6.45, 7) is 4.25. The van der Waals surface area contributed by atoms with Crippen LogP contribution in [0.2, 0.25) is 0 Å². The molecule has 3 heteroatoms. The van der Waals surface area contributed by atoms with Crippen LogP contribution in [0.1, 0.15) is 18.1 Å². The van der Waals surface area contributed by atoms with E-state index in [1.165, 1.54) is 11.1 Å². The molecule has 0 unspecified atom stereocenters. The van der Waals surface area contributed by atoms with Gasteiger partial charge < -0.3 is 24.8 Å². The molecule has 0 spiro atoms. The van der Waals surface area contributed by atoms with E-state index in [0.29, 0.717) is 0 Å². The van der Waals surface area contributed by atoms with Crippen molar-refractivity contribution in [2.45, 2.75) is 20.3 Å². The van der Waals surface area contributed by atoms with Crippen molar-refractivity contribution in [3.05, 3.63) is 59.7 Å². The summed E-state index contributed by atoms with van der Waals surface area (Å²) < 4.78 is 0. The molecular formula is C13H16Cl2Zr. The van der Waals surface area contributed by atoms with Crippen LogP contribution in [-0.2, 0) is 32.6 Å². The van der Waals surface area contributed by atoms with Crippen molar-refractivity contribution in [1.29, 1.82) is 0 Å². The number of halogens is 2. The molecule has 0 aliphatic carbocycles. The first kappa shape index (κ1) is 21.4. The third-order valence-electron chi connectivity index (χ3n) is 1.97. The van der Waals surface area contributed by atoms with Gasteiger partial charge in [0.15, 0.2) is 0 Å². The molecule has 0 saturated heterocycles. The van der Waals surface area contributed by atoms with Crippen LogP contribution in [0.25, 0.3) is 0 Å². The average molecular weight is 334 g/mol. The van der Waals surface area contributed by atoms with E-state index in [1.807, 2.05) is 12.1 Å². The van der Waals surface area contributed by atoms with Gasteiger partial charge in [0.1, 0.15) is 0 Å². The Bertz CT molecular complexity index is 299. The predicted octanol–water partition coefficient (Wildman–Crippen LogP) is -2.31. The van der Waals surface area contributed by atoms with E-state index in [-0.39, 0.29) is 51.0 Å². The molecule has 0 saturated carbocycles. The Hall–Kier alpha value is 0.163. The molecule has 0 amide bonds. The second-order valence-corrected chi connectivity index (χ2v) is 3.11. The van der Waals surface area contributed by atoms with Crippen molar-refractivity contribution in [2.75, 3.05) is 0 Å². The zero-order chi connectivity index (χ0) is 9.52. The molecule has 0 aliphatic heterocycles. The molecule has 16 heavy (non-hydrogen) atoms. The third-order valence-corrected chi connectivity index (χ3v) is 1.97. The van der Waals surface area contributed by atoms with E-state index < -0.39 is 0 Å². The summed E-state index contributed by atoms with van der Waals surface area (Å²) in [7, 11) is 0. The monoisotopic (exact) mass is 332 g/mol. The molecule has 0 N–H and O–H groups in total. The minimum Gasteiger partial charge on any atom is -1.00 e. The Labute approximate surface area is 130 Å². The van der Waals surface area contributed by atoms with Crippen LogP contribution in [0.15, 0.2) is 48.5 Å². The van der Waals surface area contributed by atoms with Crippen LogP contribution in [0.4, 0.5) is 0 Å². The van der Waals surface area contributed by atoms with E-state index >= 15 is 0 Å². The smallest absolute Gasteiger partial charge is 1.00 e. The van der Waals surface area contributed by atoms with Crippen LogP contribution in [0.3, 0.4) is 0 Å². The zero-order valence-electron chi connectivity index (χ0n) is 9.58. The van der Waals surface area contributed by atoms with Gasteiger partial charge in [0.2, 0.25) is 0 Å². The topological polar surface area (TPSA) is 0 Å². The van der Waals surface area contributed by atoms with Crippen LogP contribution < -0.4 is 24.8 Å². The molecular weight excluding hydrogens is 318 g/mol. The summed E-state index contributed by atoms with van der Waals surface area (Å²) in [6, 6.07) is 16.7. The first-order chi connectivity index (χ1) is 6.33. The molecule has 86 valence electrons. The second kappa shape index (κ2) is 13.2. The summed E-state index contributed by atoms with van der Waals surface area (Å²) in [5, 5.41) is 0. The minimum absolute atomic E-state index is 0. The average Bonchev–Trinajstić information content (AvgIpc) is 2.76. The molecule has 0 fully saturated rings. The van der Waals surface area contributed by atoms with Gasteiger partial charge in [-0.3, -0.25) is 0 Å². The van der Waals surface area contributed by atoms with E-state index in [2.05, 4.69) is 50.2 Å². The summed E-state index contributed by atoms with van der Waals surface area (Å²) >= 11 is 0. The van der Waals surface area contributed by atoms with E-state index in [9.17, 15) is 0 Å². The van der Waals surface area contributed by atoms with E-state index in [1.54, 1.807) is 0 Å². The molecule has 2 aromatic carbocycles. The fourth-order valence-corrected chi connectivity index (χ4v) is 1.12. The molecule has 2 aromatic rings. The molecule has 0 nitrogen and oxygen atoms in total. The molecule has 0 bridgehead atoms. The standard InChI is InChI=1S/C7H9.C6H7.2ClH.Zr/c1-2-7-5-3-4-6-7;1-6-4-2-3-5-6;;;/h3-6H,2H2,1H3;2-5H,1H3;2*1H;/q2*-1;;;+4/p-2. The van der Waals surface area contributed by atoms with Gasteiger partial charge in [0.05, 0.1) is 0 Å². The quantitative estimate of drug-likeness (QED) is 0.514. The van der Waals surface area contributed by atoms with Crippen LogP contribution in [-0.4, -0.2) is 0 Å². The first-order valence-corrected chi connectivity index (χ1v) is 4.72. The van der Waals surface area contributed by atoms with Gasteiger partial charge in [-0.25, -0.2) is 24.3 Å². The van der Waals surface area contributed by atoms with Gasteiger partial charge in [0, 0.05) is 0 Å². The van der Waals surface area contributed by atoms with Gasteiger partial charge in [-0.15, -0.1) is 0 Å². The SMILES string of the molecule is CC[c-]1cccc1.C[c-]1cccc1.[Cl-].[Cl-].[Zr+4].